The van der Waals surface area contributed by atoms with Crippen molar-refractivity contribution in [3.8, 4) is 6.07 Å². The van der Waals surface area contributed by atoms with Crippen LogP contribution in [0.1, 0.15) is 12.1 Å². The highest BCUT2D eigenvalue weighted by Crippen LogP contribution is 2.02. The van der Waals surface area contributed by atoms with Crippen molar-refractivity contribution in [2.75, 3.05) is 0 Å². The van der Waals surface area contributed by atoms with Crippen molar-refractivity contribution >= 4 is 12.2 Å². The van der Waals surface area contributed by atoms with Crippen molar-refractivity contribution in [1.29, 1.82) is 5.26 Å². The summed E-state index contributed by atoms with van der Waals surface area (Å²) in [4.78, 5) is 2.81. The second-order valence-electron chi connectivity index (χ2n) is 2.30. The average molecular weight is 183 g/mol. The molecule has 0 amide bonds. The zero-order valence-corrected chi connectivity index (χ0v) is 7.27. The molecule has 0 aromatic carbocycles. The zero-order chi connectivity index (χ0) is 8.97. The maximum Gasteiger partial charge on any atom is 0.177 e. The van der Waals surface area contributed by atoms with Crippen LogP contribution in [-0.2, 0) is 13.2 Å². The molecule has 0 aliphatic heterocycles. The van der Waals surface area contributed by atoms with Gasteiger partial charge < -0.3 is 14.7 Å². The van der Waals surface area contributed by atoms with Gasteiger partial charge in [-0.3, -0.25) is 0 Å². The smallest absolute Gasteiger partial charge is 0.177 e. The van der Waals surface area contributed by atoms with Crippen LogP contribution >= 0.6 is 12.2 Å². The van der Waals surface area contributed by atoms with E-state index in [1.54, 1.807) is 10.8 Å². The molecule has 0 bridgehead atoms. The molecule has 0 saturated heterocycles. The summed E-state index contributed by atoms with van der Waals surface area (Å²) in [7, 11) is 0. The minimum atomic E-state index is -0.0570. The standard InChI is InChI=1S/C7H9N3OS/c8-2-1-3-10-6(5-11)4-9-7(10)12/h4,11H,1,3,5H2,(H,9,12). The molecule has 4 nitrogen and oxygen atoms in total. The number of imidazole rings is 1. The van der Waals surface area contributed by atoms with Crippen molar-refractivity contribution in [3.05, 3.63) is 16.7 Å². The second kappa shape index (κ2) is 4.04. The van der Waals surface area contributed by atoms with E-state index < -0.39 is 0 Å². The molecule has 2 N–H and O–H groups in total. The predicted octanol–water partition coefficient (Wildman–Crippen LogP) is 0.952. The molecular weight excluding hydrogens is 174 g/mol. The maximum absolute atomic E-state index is 8.86. The van der Waals surface area contributed by atoms with Gasteiger partial charge in [0, 0.05) is 12.7 Å². The Balaban J connectivity index is 2.88. The minimum Gasteiger partial charge on any atom is -0.390 e. The van der Waals surface area contributed by atoms with Crippen molar-refractivity contribution in [3.63, 3.8) is 0 Å². The third kappa shape index (κ3) is 1.72. The molecule has 0 unspecified atom stereocenters. The summed E-state index contributed by atoms with van der Waals surface area (Å²) in [6.07, 6.45) is 2.05. The summed E-state index contributed by atoms with van der Waals surface area (Å²) in [5.41, 5.74) is 0.718. The van der Waals surface area contributed by atoms with E-state index in [1.165, 1.54) is 0 Å². The molecule has 0 fully saturated rings. The van der Waals surface area contributed by atoms with Crippen LogP contribution in [0.25, 0.3) is 0 Å². The number of aliphatic hydroxyl groups is 1. The first-order valence-corrected chi connectivity index (χ1v) is 3.95. The quantitative estimate of drug-likeness (QED) is 0.686. The number of hydrogen-bond donors (Lipinski definition) is 2. The van der Waals surface area contributed by atoms with Gasteiger partial charge in [0.05, 0.1) is 24.8 Å². The third-order valence-corrected chi connectivity index (χ3v) is 1.90. The number of nitriles is 1. The fraction of sp³-hybridized carbons (Fsp3) is 0.429. The van der Waals surface area contributed by atoms with E-state index in [4.69, 9.17) is 22.6 Å². The summed E-state index contributed by atoms with van der Waals surface area (Å²) in [5.74, 6) is 0. The summed E-state index contributed by atoms with van der Waals surface area (Å²) < 4.78 is 2.27. The lowest BCUT2D eigenvalue weighted by atomic mass is 10.4. The van der Waals surface area contributed by atoms with Crippen molar-refractivity contribution in [2.24, 2.45) is 0 Å². The van der Waals surface area contributed by atoms with Crippen LogP contribution in [-0.4, -0.2) is 14.7 Å². The van der Waals surface area contributed by atoms with Crippen molar-refractivity contribution < 1.29 is 5.11 Å². The van der Waals surface area contributed by atoms with E-state index in [-0.39, 0.29) is 6.61 Å². The van der Waals surface area contributed by atoms with E-state index in [9.17, 15) is 0 Å². The lowest BCUT2D eigenvalue weighted by Gasteiger charge is -2.01. The number of aromatic amines is 1. The van der Waals surface area contributed by atoms with Gasteiger partial charge in [0.1, 0.15) is 0 Å². The highest BCUT2D eigenvalue weighted by molar-refractivity contribution is 7.71. The van der Waals surface area contributed by atoms with Gasteiger partial charge in [-0.05, 0) is 12.2 Å². The number of H-pyrrole nitrogens is 1. The van der Waals surface area contributed by atoms with Crippen LogP contribution in [0.2, 0.25) is 0 Å². The van der Waals surface area contributed by atoms with Gasteiger partial charge in [0.25, 0.3) is 0 Å². The third-order valence-electron chi connectivity index (χ3n) is 1.56. The van der Waals surface area contributed by atoms with Crippen LogP contribution in [0, 0.1) is 16.1 Å². The van der Waals surface area contributed by atoms with E-state index in [0.29, 0.717) is 17.7 Å². The lowest BCUT2D eigenvalue weighted by Crippen LogP contribution is -2.02. The van der Waals surface area contributed by atoms with Gasteiger partial charge in [-0.2, -0.15) is 5.26 Å². The predicted molar refractivity (Wildman–Crippen MR) is 45.8 cm³/mol. The second-order valence-corrected chi connectivity index (χ2v) is 2.69. The van der Waals surface area contributed by atoms with Gasteiger partial charge in [0.2, 0.25) is 0 Å². The molecule has 12 heavy (non-hydrogen) atoms. The normalized spacial score (nSPS) is 9.67. The fourth-order valence-electron chi connectivity index (χ4n) is 0.969. The Morgan fingerprint density at radius 1 is 1.75 bits per heavy atom. The SMILES string of the molecule is N#CCCn1c(CO)c[nH]c1=S. The van der Waals surface area contributed by atoms with E-state index in [0.717, 1.165) is 5.69 Å². The molecule has 1 aromatic rings. The molecule has 1 rings (SSSR count). The Labute approximate surface area is 75.1 Å². The monoisotopic (exact) mass is 183 g/mol. The molecule has 64 valence electrons. The molecule has 1 heterocycles. The summed E-state index contributed by atoms with van der Waals surface area (Å²) in [6, 6.07) is 2.02. The first-order chi connectivity index (χ1) is 5.79. The largest absolute Gasteiger partial charge is 0.390 e. The maximum atomic E-state index is 8.86. The molecule has 0 atom stereocenters. The molecule has 5 heteroatoms. The minimum absolute atomic E-state index is 0.0570. The number of nitrogens with zero attached hydrogens (tertiary/aromatic N) is 2. The Morgan fingerprint density at radius 3 is 3.08 bits per heavy atom. The van der Waals surface area contributed by atoms with Crippen LogP contribution in [0.5, 0.6) is 0 Å². The highest BCUT2D eigenvalue weighted by Gasteiger charge is 2.00. The number of aliphatic hydroxyl groups excluding tert-OH is 1. The molecule has 1 aromatic heterocycles. The number of nitrogens with one attached hydrogen (secondary N) is 1. The molecule has 0 aliphatic rings. The van der Waals surface area contributed by atoms with Gasteiger partial charge in [0.15, 0.2) is 4.77 Å². The molecule has 0 spiro atoms. The van der Waals surface area contributed by atoms with Crippen LogP contribution in [0.4, 0.5) is 0 Å². The Morgan fingerprint density at radius 2 is 2.50 bits per heavy atom. The van der Waals surface area contributed by atoms with Crippen LogP contribution in [0.3, 0.4) is 0 Å². The van der Waals surface area contributed by atoms with Crippen molar-refractivity contribution in [1.82, 2.24) is 9.55 Å². The first-order valence-electron chi connectivity index (χ1n) is 3.54. The van der Waals surface area contributed by atoms with E-state index in [1.807, 2.05) is 6.07 Å². The molecule has 0 radical (unpaired) electrons. The van der Waals surface area contributed by atoms with Crippen molar-refractivity contribution in [2.45, 2.75) is 19.6 Å². The number of rotatable bonds is 3. The van der Waals surface area contributed by atoms with Gasteiger partial charge in [-0.15, -0.1) is 0 Å². The van der Waals surface area contributed by atoms with E-state index >= 15 is 0 Å². The number of aromatic nitrogens is 2. The fourth-order valence-corrected chi connectivity index (χ4v) is 1.24. The molecule has 0 aliphatic carbocycles. The Kier molecular flexibility index (Phi) is 3.02. The number of hydrogen-bond acceptors (Lipinski definition) is 3. The van der Waals surface area contributed by atoms with Crippen LogP contribution in [0.15, 0.2) is 6.20 Å². The van der Waals surface area contributed by atoms with Crippen LogP contribution < -0.4 is 0 Å². The molecule has 0 saturated carbocycles. The van der Waals surface area contributed by atoms with E-state index in [2.05, 4.69) is 4.98 Å². The van der Waals surface area contributed by atoms with Gasteiger partial charge in [-0.1, -0.05) is 0 Å². The summed E-state index contributed by atoms with van der Waals surface area (Å²) >= 11 is 4.94. The van der Waals surface area contributed by atoms with Gasteiger partial charge in [-0.25, -0.2) is 0 Å². The first kappa shape index (κ1) is 8.97. The summed E-state index contributed by atoms with van der Waals surface area (Å²) in [5, 5.41) is 17.2. The Hall–Kier alpha value is -1.12. The zero-order valence-electron chi connectivity index (χ0n) is 6.45. The highest BCUT2D eigenvalue weighted by atomic mass is 32.1. The Bertz CT molecular complexity index is 346. The topological polar surface area (TPSA) is 64.7 Å². The lowest BCUT2D eigenvalue weighted by molar-refractivity contribution is 0.270. The van der Waals surface area contributed by atoms with Gasteiger partial charge >= 0.3 is 0 Å². The summed E-state index contributed by atoms with van der Waals surface area (Å²) in [6.45, 7) is 0.479. The average Bonchev–Trinajstić information content (AvgIpc) is 2.43. The molecular formula is C7H9N3OS.